The molecule has 3 heteroatoms. The number of aliphatic hydroxyl groups is 1. The summed E-state index contributed by atoms with van der Waals surface area (Å²) in [6.07, 6.45) is 10.9. The Kier molecular flexibility index (Phi) is 12.1. The second kappa shape index (κ2) is 13.8. The maximum atomic E-state index is 9.85. The van der Waals surface area contributed by atoms with Crippen LogP contribution in [-0.4, -0.2) is 23.7 Å². The lowest BCUT2D eigenvalue weighted by molar-refractivity contribution is 0.114. The number of ether oxygens (including phenoxy) is 1. The van der Waals surface area contributed by atoms with Crippen molar-refractivity contribution in [1.82, 2.24) is 0 Å². The molecule has 1 aromatic carbocycles. The van der Waals surface area contributed by atoms with Gasteiger partial charge in [0.25, 0.3) is 0 Å². The van der Waals surface area contributed by atoms with Crippen LogP contribution in [0.4, 0.5) is 0 Å². The van der Waals surface area contributed by atoms with Gasteiger partial charge >= 0.3 is 0 Å². The summed E-state index contributed by atoms with van der Waals surface area (Å²) in [4.78, 5) is 0. The van der Waals surface area contributed by atoms with Gasteiger partial charge in [0.15, 0.2) is 0 Å². The number of alkyl halides is 1. The fourth-order valence-corrected chi connectivity index (χ4v) is 2.36. The maximum Gasteiger partial charge on any atom is 0.0716 e. The molecule has 0 spiro atoms. The number of unbranched alkanes of at least 4 members (excludes halogenated alkanes) is 3. The zero-order valence-electron chi connectivity index (χ0n) is 13.4. The zero-order chi connectivity index (χ0) is 15.9. The van der Waals surface area contributed by atoms with E-state index in [0.717, 1.165) is 51.6 Å². The van der Waals surface area contributed by atoms with Crippen LogP contribution in [-0.2, 0) is 11.3 Å². The van der Waals surface area contributed by atoms with Crippen molar-refractivity contribution in [1.29, 1.82) is 0 Å². The first-order chi connectivity index (χ1) is 10.8. The Morgan fingerprint density at radius 3 is 2.64 bits per heavy atom. The van der Waals surface area contributed by atoms with E-state index in [-0.39, 0.29) is 6.10 Å². The largest absolute Gasteiger partial charge is 0.393 e. The molecular formula is C19H29ClO2. The first-order valence-corrected chi connectivity index (χ1v) is 8.87. The zero-order valence-corrected chi connectivity index (χ0v) is 14.2. The molecule has 0 saturated heterocycles. The van der Waals surface area contributed by atoms with E-state index >= 15 is 0 Å². The van der Waals surface area contributed by atoms with Crippen LogP contribution in [0.25, 0.3) is 0 Å². The van der Waals surface area contributed by atoms with E-state index in [2.05, 4.69) is 24.3 Å². The molecule has 0 saturated carbocycles. The van der Waals surface area contributed by atoms with Gasteiger partial charge in [-0.3, -0.25) is 0 Å². The van der Waals surface area contributed by atoms with Crippen molar-refractivity contribution in [2.24, 2.45) is 0 Å². The summed E-state index contributed by atoms with van der Waals surface area (Å²) in [7, 11) is 0. The predicted molar refractivity (Wildman–Crippen MR) is 94.3 cm³/mol. The molecule has 0 aliphatic heterocycles. The smallest absolute Gasteiger partial charge is 0.0716 e. The topological polar surface area (TPSA) is 29.5 Å². The Labute approximate surface area is 140 Å². The Balaban J connectivity index is 1.89. The van der Waals surface area contributed by atoms with Crippen molar-refractivity contribution in [3.05, 3.63) is 48.0 Å². The molecule has 0 aromatic heterocycles. The third kappa shape index (κ3) is 10.8. The van der Waals surface area contributed by atoms with Crippen LogP contribution < -0.4 is 0 Å². The Hall–Kier alpha value is -0.830. The first kappa shape index (κ1) is 19.2. The molecule has 2 nitrogen and oxygen atoms in total. The van der Waals surface area contributed by atoms with Crippen molar-refractivity contribution in [3.63, 3.8) is 0 Å². The number of aliphatic hydroxyl groups excluding tert-OH is 1. The molecule has 0 aliphatic rings. The number of halogens is 1. The number of allylic oxidation sites excluding steroid dienone is 1. The minimum Gasteiger partial charge on any atom is -0.393 e. The summed E-state index contributed by atoms with van der Waals surface area (Å²) in [5, 5.41) is 9.85. The summed E-state index contributed by atoms with van der Waals surface area (Å²) in [6, 6.07) is 10.2. The lowest BCUT2D eigenvalue weighted by Crippen LogP contribution is -2.04. The van der Waals surface area contributed by atoms with E-state index in [4.69, 9.17) is 16.3 Å². The number of hydrogen-bond acceptors (Lipinski definition) is 2. The summed E-state index contributed by atoms with van der Waals surface area (Å²) in [5.74, 6) is 0.708. The third-order valence-electron chi connectivity index (χ3n) is 3.52. The summed E-state index contributed by atoms with van der Waals surface area (Å²) < 4.78 is 5.64. The molecule has 0 heterocycles. The van der Waals surface area contributed by atoms with E-state index in [9.17, 15) is 5.11 Å². The van der Waals surface area contributed by atoms with Crippen LogP contribution in [0.2, 0.25) is 0 Å². The van der Waals surface area contributed by atoms with Gasteiger partial charge in [-0.25, -0.2) is 0 Å². The maximum absolute atomic E-state index is 9.85. The van der Waals surface area contributed by atoms with E-state index in [1.165, 1.54) is 5.56 Å². The highest BCUT2D eigenvalue weighted by Gasteiger charge is 2.01. The highest BCUT2D eigenvalue weighted by Crippen LogP contribution is 2.08. The first-order valence-electron chi connectivity index (χ1n) is 8.33. The highest BCUT2D eigenvalue weighted by molar-refractivity contribution is 6.17. The van der Waals surface area contributed by atoms with Crippen LogP contribution in [0, 0.1) is 0 Å². The highest BCUT2D eigenvalue weighted by atomic mass is 35.5. The summed E-state index contributed by atoms with van der Waals surface area (Å²) >= 11 is 5.60. The van der Waals surface area contributed by atoms with Gasteiger partial charge in [-0.1, -0.05) is 55.3 Å². The molecule has 124 valence electrons. The quantitative estimate of drug-likeness (QED) is 0.311. The predicted octanol–water partition coefficient (Wildman–Crippen LogP) is 5.09. The van der Waals surface area contributed by atoms with Gasteiger partial charge in [0.05, 0.1) is 12.7 Å². The number of hydrogen-bond donors (Lipinski definition) is 1. The molecule has 0 fully saturated rings. The Morgan fingerprint density at radius 1 is 1.05 bits per heavy atom. The SMILES string of the molecule is O[C@@H](C/C=C/CCCCl)CCCCCOCc1ccccc1. The van der Waals surface area contributed by atoms with E-state index in [0.29, 0.717) is 12.5 Å². The molecule has 0 amide bonds. The molecule has 0 unspecified atom stereocenters. The molecule has 1 N–H and O–H groups in total. The molecule has 0 bridgehead atoms. The van der Waals surface area contributed by atoms with Crippen LogP contribution >= 0.6 is 11.6 Å². The van der Waals surface area contributed by atoms with Crippen LogP contribution in [0.1, 0.15) is 50.5 Å². The van der Waals surface area contributed by atoms with Crippen molar-refractivity contribution in [2.45, 2.75) is 57.7 Å². The van der Waals surface area contributed by atoms with Crippen molar-refractivity contribution < 1.29 is 9.84 Å². The van der Waals surface area contributed by atoms with Gasteiger partial charge in [0.2, 0.25) is 0 Å². The van der Waals surface area contributed by atoms with Gasteiger partial charge in [-0.05, 0) is 37.7 Å². The lowest BCUT2D eigenvalue weighted by atomic mass is 10.1. The summed E-state index contributed by atoms with van der Waals surface area (Å²) in [6.45, 7) is 1.49. The van der Waals surface area contributed by atoms with E-state index in [1.54, 1.807) is 0 Å². The van der Waals surface area contributed by atoms with Gasteiger partial charge < -0.3 is 9.84 Å². The minimum absolute atomic E-state index is 0.211. The minimum atomic E-state index is -0.211. The molecule has 0 radical (unpaired) electrons. The van der Waals surface area contributed by atoms with Crippen LogP contribution in [0.3, 0.4) is 0 Å². The molecule has 1 rings (SSSR count). The average molecular weight is 325 g/mol. The number of rotatable bonds is 13. The lowest BCUT2D eigenvalue weighted by Gasteiger charge is -2.08. The molecular weight excluding hydrogens is 296 g/mol. The monoisotopic (exact) mass is 324 g/mol. The van der Waals surface area contributed by atoms with Crippen molar-refractivity contribution in [3.8, 4) is 0 Å². The van der Waals surface area contributed by atoms with Crippen molar-refractivity contribution in [2.75, 3.05) is 12.5 Å². The fraction of sp³-hybridized carbons (Fsp3) is 0.579. The van der Waals surface area contributed by atoms with Crippen LogP contribution in [0.15, 0.2) is 42.5 Å². The van der Waals surface area contributed by atoms with Crippen LogP contribution in [0.5, 0.6) is 0 Å². The Bertz CT molecular complexity index is 378. The van der Waals surface area contributed by atoms with Gasteiger partial charge in [-0.15, -0.1) is 11.6 Å². The van der Waals surface area contributed by atoms with Crippen molar-refractivity contribution >= 4 is 11.6 Å². The second-order valence-corrected chi connectivity index (χ2v) is 5.96. The second-order valence-electron chi connectivity index (χ2n) is 5.58. The van der Waals surface area contributed by atoms with E-state index in [1.807, 2.05) is 18.2 Å². The molecule has 0 aliphatic carbocycles. The molecule has 1 atom stereocenters. The number of benzene rings is 1. The summed E-state index contributed by atoms with van der Waals surface area (Å²) in [5.41, 5.74) is 1.22. The molecule has 1 aromatic rings. The standard InChI is InChI=1S/C19H29ClO2/c20-15-9-2-1-7-13-19(21)14-8-4-10-16-22-17-18-11-5-3-6-12-18/h1,3,5-7,11-12,19,21H,2,4,8-10,13-17H2/b7-1+/t19-/m0/s1. The normalized spacial score (nSPS) is 12.8. The fourth-order valence-electron chi connectivity index (χ4n) is 2.21. The van der Waals surface area contributed by atoms with E-state index < -0.39 is 0 Å². The Morgan fingerprint density at radius 2 is 1.86 bits per heavy atom. The van der Waals surface area contributed by atoms with Gasteiger partial charge in [0.1, 0.15) is 0 Å². The average Bonchev–Trinajstić information content (AvgIpc) is 2.55. The molecule has 22 heavy (non-hydrogen) atoms. The third-order valence-corrected chi connectivity index (χ3v) is 3.78. The van der Waals surface area contributed by atoms with Gasteiger partial charge in [-0.2, -0.15) is 0 Å². The van der Waals surface area contributed by atoms with Gasteiger partial charge in [0, 0.05) is 12.5 Å².